The molecule has 1 atom stereocenters. The molecular weight excluding hydrogens is 226 g/mol. The van der Waals surface area contributed by atoms with Crippen LogP contribution in [0.15, 0.2) is 30.5 Å². The number of aromatic hydroxyl groups is 1. The summed E-state index contributed by atoms with van der Waals surface area (Å²) in [5.74, 6) is 1.28. The molecule has 18 heavy (non-hydrogen) atoms. The summed E-state index contributed by atoms with van der Waals surface area (Å²) in [6.07, 6.45) is 5.89. The van der Waals surface area contributed by atoms with Crippen molar-refractivity contribution in [2.45, 2.75) is 31.8 Å². The number of imidazole rings is 1. The summed E-state index contributed by atoms with van der Waals surface area (Å²) in [4.78, 5) is 4.47. The Labute approximate surface area is 106 Å². The van der Waals surface area contributed by atoms with Crippen LogP contribution in [0.4, 0.5) is 0 Å². The van der Waals surface area contributed by atoms with Gasteiger partial charge in [0.25, 0.3) is 0 Å². The van der Waals surface area contributed by atoms with Gasteiger partial charge < -0.3 is 15.4 Å². The van der Waals surface area contributed by atoms with Crippen LogP contribution in [0.1, 0.15) is 36.1 Å². The highest BCUT2D eigenvalue weighted by Gasteiger charge is 2.20. The summed E-state index contributed by atoms with van der Waals surface area (Å²) in [6.45, 7) is 0. The van der Waals surface area contributed by atoms with Gasteiger partial charge in [0.2, 0.25) is 0 Å². The lowest BCUT2D eigenvalue weighted by molar-refractivity contribution is 0.403. The van der Waals surface area contributed by atoms with Crippen molar-refractivity contribution < 1.29 is 5.11 Å². The maximum absolute atomic E-state index is 9.48. The van der Waals surface area contributed by atoms with E-state index in [1.165, 1.54) is 5.69 Å². The van der Waals surface area contributed by atoms with E-state index in [-0.39, 0.29) is 6.17 Å². The summed E-state index contributed by atoms with van der Waals surface area (Å²) >= 11 is 0. The van der Waals surface area contributed by atoms with E-state index in [1.807, 2.05) is 18.3 Å². The number of nitrogens with two attached hydrogens (primary N) is 1. The fourth-order valence-electron chi connectivity index (χ4n) is 2.63. The number of nitrogens with zero attached hydrogens (tertiary/aromatic N) is 2. The summed E-state index contributed by atoms with van der Waals surface area (Å²) in [5.41, 5.74) is 8.43. The van der Waals surface area contributed by atoms with Gasteiger partial charge in [-0.15, -0.1) is 0 Å². The van der Waals surface area contributed by atoms with Crippen molar-refractivity contribution in [1.29, 1.82) is 0 Å². The van der Waals surface area contributed by atoms with Crippen molar-refractivity contribution in [1.82, 2.24) is 9.55 Å². The van der Waals surface area contributed by atoms with Crippen molar-refractivity contribution >= 4 is 0 Å². The number of aryl methyl sites for hydroxylation is 1. The van der Waals surface area contributed by atoms with Crippen molar-refractivity contribution in [3.05, 3.63) is 47.5 Å². The number of benzene rings is 1. The quantitative estimate of drug-likeness (QED) is 0.847. The number of aromatic nitrogens is 2. The molecule has 1 unspecified atom stereocenters. The lowest BCUT2D eigenvalue weighted by Crippen LogP contribution is -2.26. The average Bonchev–Trinajstić information content (AvgIpc) is 2.74. The van der Waals surface area contributed by atoms with Crippen LogP contribution in [0.25, 0.3) is 0 Å². The summed E-state index contributed by atoms with van der Waals surface area (Å²) in [5, 5.41) is 9.48. The van der Waals surface area contributed by atoms with E-state index in [9.17, 15) is 5.11 Å². The molecule has 0 bridgehead atoms. The van der Waals surface area contributed by atoms with Gasteiger partial charge in [0.1, 0.15) is 11.6 Å². The SMILES string of the molecule is NC1CCCc2cnc(Cc3cccc(O)c3)n21. The second-order valence-corrected chi connectivity index (χ2v) is 4.84. The van der Waals surface area contributed by atoms with Crippen molar-refractivity contribution in [2.24, 2.45) is 5.73 Å². The summed E-state index contributed by atoms with van der Waals surface area (Å²) < 4.78 is 2.15. The van der Waals surface area contributed by atoms with E-state index in [0.717, 1.165) is 30.7 Å². The monoisotopic (exact) mass is 243 g/mol. The third kappa shape index (κ3) is 1.99. The molecule has 4 heteroatoms. The molecule has 0 fully saturated rings. The highest BCUT2D eigenvalue weighted by atomic mass is 16.3. The lowest BCUT2D eigenvalue weighted by Gasteiger charge is -2.23. The highest BCUT2D eigenvalue weighted by molar-refractivity contribution is 5.29. The van der Waals surface area contributed by atoms with Gasteiger partial charge in [-0.1, -0.05) is 12.1 Å². The van der Waals surface area contributed by atoms with Crippen LogP contribution < -0.4 is 5.73 Å². The first kappa shape index (κ1) is 11.3. The molecule has 2 heterocycles. The van der Waals surface area contributed by atoms with Gasteiger partial charge in [-0.25, -0.2) is 4.98 Å². The molecule has 4 nitrogen and oxygen atoms in total. The standard InChI is InChI=1S/C14H17N3O/c15-13-6-2-4-11-9-16-14(17(11)13)8-10-3-1-5-12(18)7-10/h1,3,5,7,9,13,18H,2,4,6,8,15H2. The zero-order valence-electron chi connectivity index (χ0n) is 10.2. The smallest absolute Gasteiger partial charge is 0.115 e. The summed E-state index contributed by atoms with van der Waals surface area (Å²) in [6, 6.07) is 7.30. The zero-order chi connectivity index (χ0) is 12.5. The van der Waals surface area contributed by atoms with Crippen molar-refractivity contribution in [3.8, 4) is 5.75 Å². The Hall–Kier alpha value is -1.81. The third-order valence-corrected chi connectivity index (χ3v) is 3.49. The van der Waals surface area contributed by atoms with Crippen LogP contribution in [0.2, 0.25) is 0 Å². The molecule has 0 amide bonds. The van der Waals surface area contributed by atoms with Crippen LogP contribution in [0.3, 0.4) is 0 Å². The first-order valence-electron chi connectivity index (χ1n) is 6.32. The topological polar surface area (TPSA) is 64.1 Å². The first-order valence-corrected chi connectivity index (χ1v) is 6.32. The van der Waals surface area contributed by atoms with Crippen LogP contribution in [0, 0.1) is 0 Å². The van der Waals surface area contributed by atoms with Gasteiger partial charge in [-0.3, -0.25) is 0 Å². The van der Waals surface area contributed by atoms with Crippen LogP contribution in [-0.2, 0) is 12.8 Å². The Morgan fingerprint density at radius 1 is 1.44 bits per heavy atom. The van der Waals surface area contributed by atoms with E-state index in [4.69, 9.17) is 5.73 Å². The molecule has 0 aliphatic carbocycles. The Morgan fingerprint density at radius 3 is 3.17 bits per heavy atom. The minimum absolute atomic E-state index is 0.0450. The molecule has 1 aliphatic rings. The Kier molecular flexibility index (Phi) is 2.80. The Bertz CT molecular complexity index is 562. The largest absolute Gasteiger partial charge is 0.508 e. The number of hydrogen-bond donors (Lipinski definition) is 2. The van der Waals surface area contributed by atoms with E-state index in [1.54, 1.807) is 12.1 Å². The minimum Gasteiger partial charge on any atom is -0.508 e. The van der Waals surface area contributed by atoms with Gasteiger partial charge in [0.15, 0.2) is 0 Å². The number of phenols is 1. The normalized spacial score (nSPS) is 18.6. The van der Waals surface area contributed by atoms with Crippen molar-refractivity contribution in [3.63, 3.8) is 0 Å². The summed E-state index contributed by atoms with van der Waals surface area (Å²) in [7, 11) is 0. The number of rotatable bonds is 2. The molecule has 0 radical (unpaired) electrons. The van der Waals surface area contributed by atoms with Crippen LogP contribution in [-0.4, -0.2) is 14.7 Å². The molecule has 1 aromatic carbocycles. The lowest BCUT2D eigenvalue weighted by atomic mass is 10.1. The molecule has 1 aromatic heterocycles. The average molecular weight is 243 g/mol. The minimum atomic E-state index is 0.0450. The molecule has 3 rings (SSSR count). The molecule has 0 spiro atoms. The van der Waals surface area contributed by atoms with E-state index >= 15 is 0 Å². The number of phenolic OH excluding ortho intramolecular Hbond substituents is 1. The number of fused-ring (bicyclic) bond motifs is 1. The van der Waals surface area contributed by atoms with Gasteiger partial charge in [-0.2, -0.15) is 0 Å². The Balaban J connectivity index is 1.92. The molecular formula is C14H17N3O. The first-order chi connectivity index (χ1) is 8.74. The maximum Gasteiger partial charge on any atom is 0.115 e. The molecule has 94 valence electrons. The van der Waals surface area contributed by atoms with Crippen molar-refractivity contribution in [2.75, 3.05) is 0 Å². The second-order valence-electron chi connectivity index (χ2n) is 4.84. The molecule has 1 aliphatic heterocycles. The third-order valence-electron chi connectivity index (χ3n) is 3.49. The van der Waals surface area contributed by atoms with Gasteiger partial charge in [-0.05, 0) is 37.0 Å². The fourth-order valence-corrected chi connectivity index (χ4v) is 2.63. The maximum atomic E-state index is 9.48. The highest BCUT2D eigenvalue weighted by Crippen LogP contribution is 2.24. The van der Waals surface area contributed by atoms with Crippen LogP contribution >= 0.6 is 0 Å². The van der Waals surface area contributed by atoms with Gasteiger partial charge >= 0.3 is 0 Å². The van der Waals surface area contributed by atoms with Gasteiger partial charge in [0.05, 0.1) is 6.17 Å². The van der Waals surface area contributed by atoms with Crippen LogP contribution in [0.5, 0.6) is 5.75 Å². The van der Waals surface area contributed by atoms with E-state index in [2.05, 4.69) is 9.55 Å². The zero-order valence-corrected chi connectivity index (χ0v) is 10.2. The number of hydrogen-bond acceptors (Lipinski definition) is 3. The predicted molar refractivity (Wildman–Crippen MR) is 69.3 cm³/mol. The molecule has 0 saturated heterocycles. The fraction of sp³-hybridized carbons (Fsp3) is 0.357. The molecule has 3 N–H and O–H groups in total. The second kappa shape index (κ2) is 4.46. The molecule has 0 saturated carbocycles. The van der Waals surface area contributed by atoms with Gasteiger partial charge in [0, 0.05) is 18.3 Å². The van der Waals surface area contributed by atoms with E-state index in [0.29, 0.717) is 12.2 Å². The predicted octanol–water partition coefficient (Wildman–Crippen LogP) is 1.97. The Morgan fingerprint density at radius 2 is 2.33 bits per heavy atom. The van der Waals surface area contributed by atoms with E-state index < -0.39 is 0 Å². The molecule has 2 aromatic rings.